The van der Waals surface area contributed by atoms with Crippen molar-refractivity contribution in [2.24, 2.45) is 5.92 Å². The predicted molar refractivity (Wildman–Crippen MR) is 139 cm³/mol. The Labute approximate surface area is 208 Å². The van der Waals surface area contributed by atoms with E-state index < -0.39 is 0 Å². The lowest BCUT2D eigenvalue weighted by Gasteiger charge is -2.40. The van der Waals surface area contributed by atoms with Crippen molar-refractivity contribution < 1.29 is 4.42 Å². The van der Waals surface area contributed by atoms with Gasteiger partial charge in [0.25, 0.3) is 0 Å². The van der Waals surface area contributed by atoms with Crippen LogP contribution in [0, 0.1) is 17.2 Å². The van der Waals surface area contributed by atoms with Crippen LogP contribution in [0.15, 0.2) is 58.1 Å². The molecule has 7 rings (SSSR count). The van der Waals surface area contributed by atoms with Gasteiger partial charge >= 0.3 is 0 Å². The number of fused-ring (bicyclic) bond motifs is 7. The first-order valence-corrected chi connectivity index (χ1v) is 13.7. The largest absolute Gasteiger partial charge is 0.461 e. The van der Waals surface area contributed by atoms with Crippen molar-refractivity contribution in [1.29, 1.82) is 5.26 Å². The SMILES string of the molecule is CC1=CCCc2c1oc1c2[C@@H]2C3C=CCCC3N(C3C=CC=C(C4=CCC(C#N)NC4)C3)C2CC1. The Hall–Kier alpha value is -2.61. The maximum atomic E-state index is 9.25. The predicted octanol–water partition coefficient (Wildman–Crippen LogP) is 5.74. The van der Waals surface area contributed by atoms with Gasteiger partial charge in [-0.2, -0.15) is 5.26 Å². The van der Waals surface area contributed by atoms with Crippen molar-refractivity contribution in [3.8, 4) is 6.07 Å². The van der Waals surface area contributed by atoms with Crippen LogP contribution in [0.4, 0.5) is 0 Å². The number of furan rings is 1. The molecule has 0 bridgehead atoms. The van der Waals surface area contributed by atoms with E-state index in [1.165, 1.54) is 53.1 Å². The minimum absolute atomic E-state index is 0.0424. The maximum absolute atomic E-state index is 9.25. The smallest absolute Gasteiger partial charge is 0.133 e. The maximum Gasteiger partial charge on any atom is 0.133 e. The average molecular weight is 466 g/mol. The summed E-state index contributed by atoms with van der Waals surface area (Å²) in [4.78, 5) is 2.94. The molecule has 6 aliphatic rings. The third kappa shape index (κ3) is 3.39. The van der Waals surface area contributed by atoms with Gasteiger partial charge in [-0.25, -0.2) is 0 Å². The summed E-state index contributed by atoms with van der Waals surface area (Å²) in [5.41, 5.74) is 7.29. The molecule has 0 aromatic carbocycles. The Kier molecular flexibility index (Phi) is 5.26. The number of hydrogen-bond acceptors (Lipinski definition) is 4. The first-order valence-electron chi connectivity index (χ1n) is 13.7. The standard InChI is InChI=1S/C31H35N3O/c1-19-6-4-10-25-30-28(35-31(19)25)15-14-27-29(30)24-9-2-3-11-26(24)34(27)23-8-5-7-20(16-23)21-12-13-22(17-32)33-18-21/h2,5-9,12,22-24,26-27,29,33H,3-4,10-11,13-16,18H2,1H3/t22?,23?,24?,26?,27?,29-/m1/s1. The molecule has 35 heavy (non-hydrogen) atoms. The second kappa shape index (κ2) is 8.50. The molecule has 0 saturated carbocycles. The fourth-order valence-corrected chi connectivity index (χ4v) is 8.01. The molecule has 0 amide bonds. The zero-order valence-electron chi connectivity index (χ0n) is 20.7. The van der Waals surface area contributed by atoms with E-state index >= 15 is 0 Å². The minimum atomic E-state index is -0.0424. The summed E-state index contributed by atoms with van der Waals surface area (Å²) in [6, 6.07) is 3.96. The van der Waals surface area contributed by atoms with Gasteiger partial charge in [-0.1, -0.05) is 42.5 Å². The number of aryl methyl sites for hydroxylation is 1. The van der Waals surface area contributed by atoms with Crippen molar-refractivity contribution in [3.05, 3.63) is 76.3 Å². The van der Waals surface area contributed by atoms with Crippen LogP contribution in [-0.2, 0) is 12.8 Å². The van der Waals surface area contributed by atoms with Crippen LogP contribution in [-0.4, -0.2) is 35.6 Å². The molecule has 2 aliphatic heterocycles. The molecule has 4 aliphatic carbocycles. The van der Waals surface area contributed by atoms with Gasteiger partial charge in [0, 0.05) is 54.1 Å². The molecule has 6 atom stereocenters. The van der Waals surface area contributed by atoms with Gasteiger partial charge in [-0.05, 0) is 68.6 Å². The highest BCUT2D eigenvalue weighted by Crippen LogP contribution is 2.55. The lowest BCUT2D eigenvalue weighted by molar-refractivity contribution is 0.127. The number of hydrogen-bond donors (Lipinski definition) is 1. The molecule has 1 aromatic rings. The van der Waals surface area contributed by atoms with Crippen molar-refractivity contribution >= 4 is 5.57 Å². The van der Waals surface area contributed by atoms with Gasteiger partial charge < -0.3 is 4.42 Å². The Bertz CT molecular complexity index is 1230. The van der Waals surface area contributed by atoms with Crippen molar-refractivity contribution in [2.75, 3.05) is 6.54 Å². The van der Waals surface area contributed by atoms with Crippen LogP contribution >= 0.6 is 0 Å². The fraction of sp³-hybridized carbons (Fsp3) is 0.516. The lowest BCUT2D eigenvalue weighted by atomic mass is 9.72. The molecule has 4 nitrogen and oxygen atoms in total. The molecule has 1 fully saturated rings. The van der Waals surface area contributed by atoms with E-state index in [1.807, 2.05) is 0 Å². The Morgan fingerprint density at radius 1 is 1.09 bits per heavy atom. The summed E-state index contributed by atoms with van der Waals surface area (Å²) in [6.45, 7) is 3.03. The van der Waals surface area contributed by atoms with E-state index in [4.69, 9.17) is 4.42 Å². The Morgan fingerprint density at radius 3 is 2.89 bits per heavy atom. The van der Waals surface area contributed by atoms with Crippen molar-refractivity contribution in [3.63, 3.8) is 0 Å². The quantitative estimate of drug-likeness (QED) is 0.566. The highest BCUT2D eigenvalue weighted by Gasteiger charge is 2.54. The second-order valence-corrected chi connectivity index (χ2v) is 11.3. The number of rotatable bonds is 2. The topological polar surface area (TPSA) is 52.2 Å². The van der Waals surface area contributed by atoms with E-state index in [9.17, 15) is 5.26 Å². The van der Waals surface area contributed by atoms with Gasteiger partial charge in [0.2, 0.25) is 0 Å². The molecule has 0 spiro atoms. The third-order valence-corrected chi connectivity index (χ3v) is 9.51. The van der Waals surface area contributed by atoms with Crippen molar-refractivity contribution in [1.82, 2.24) is 10.2 Å². The summed E-state index contributed by atoms with van der Waals surface area (Å²) in [7, 11) is 0. The highest BCUT2D eigenvalue weighted by atomic mass is 16.3. The first-order chi connectivity index (χ1) is 17.2. The second-order valence-electron chi connectivity index (χ2n) is 11.3. The van der Waals surface area contributed by atoms with E-state index in [0.29, 0.717) is 30.0 Å². The first kappa shape index (κ1) is 21.7. The Balaban J connectivity index is 1.22. The summed E-state index contributed by atoms with van der Waals surface area (Å²) >= 11 is 0. The monoisotopic (exact) mass is 465 g/mol. The third-order valence-electron chi connectivity index (χ3n) is 9.51. The number of nitrogens with zero attached hydrogens (tertiary/aromatic N) is 2. The summed E-state index contributed by atoms with van der Waals surface area (Å²) in [5.74, 6) is 3.63. The molecule has 1 aromatic heterocycles. The summed E-state index contributed by atoms with van der Waals surface area (Å²) in [6.07, 6.45) is 25.6. The molecule has 0 radical (unpaired) electrons. The lowest BCUT2D eigenvalue weighted by Crippen LogP contribution is -2.46. The van der Waals surface area contributed by atoms with Crippen LogP contribution in [0.2, 0.25) is 0 Å². The van der Waals surface area contributed by atoms with Gasteiger partial charge in [-0.15, -0.1) is 0 Å². The number of likely N-dealkylation sites (tertiary alicyclic amines) is 1. The van der Waals surface area contributed by atoms with E-state index in [2.05, 4.69) is 65.7 Å². The molecular formula is C31H35N3O. The number of allylic oxidation sites excluding steroid dienone is 5. The molecule has 4 heteroatoms. The normalized spacial score (nSPS) is 35.7. The zero-order valence-corrected chi connectivity index (χ0v) is 20.7. The van der Waals surface area contributed by atoms with Crippen LogP contribution in [0.3, 0.4) is 0 Å². The zero-order chi connectivity index (χ0) is 23.5. The molecule has 5 unspecified atom stereocenters. The van der Waals surface area contributed by atoms with E-state index in [0.717, 1.165) is 38.6 Å². The van der Waals surface area contributed by atoms with Crippen molar-refractivity contribution in [2.45, 2.75) is 88.4 Å². The molecule has 180 valence electrons. The van der Waals surface area contributed by atoms with Crippen LogP contribution in [0.1, 0.15) is 74.0 Å². The average Bonchev–Trinajstić information content (AvgIpc) is 3.45. The molecular weight excluding hydrogens is 430 g/mol. The van der Waals surface area contributed by atoms with E-state index in [1.54, 1.807) is 5.56 Å². The minimum Gasteiger partial charge on any atom is -0.461 e. The number of nitriles is 1. The van der Waals surface area contributed by atoms with Gasteiger partial charge in [0.05, 0.1) is 12.1 Å². The van der Waals surface area contributed by atoms with Crippen LogP contribution in [0.5, 0.6) is 0 Å². The molecule has 1 saturated heterocycles. The fourth-order valence-electron chi connectivity index (χ4n) is 8.01. The summed E-state index contributed by atoms with van der Waals surface area (Å²) in [5, 5.41) is 12.6. The van der Waals surface area contributed by atoms with Gasteiger partial charge in [-0.3, -0.25) is 10.2 Å². The van der Waals surface area contributed by atoms with Gasteiger partial charge in [0.1, 0.15) is 11.5 Å². The Morgan fingerprint density at radius 2 is 2.03 bits per heavy atom. The van der Waals surface area contributed by atoms with Crippen LogP contribution < -0.4 is 5.32 Å². The number of nitrogens with one attached hydrogen (secondary N) is 1. The highest BCUT2D eigenvalue weighted by molar-refractivity contribution is 5.67. The molecule has 1 N–H and O–H groups in total. The molecule has 3 heterocycles. The summed E-state index contributed by atoms with van der Waals surface area (Å²) < 4.78 is 6.55. The van der Waals surface area contributed by atoms with Crippen LogP contribution in [0.25, 0.3) is 5.57 Å². The van der Waals surface area contributed by atoms with Gasteiger partial charge in [0.15, 0.2) is 0 Å². The van der Waals surface area contributed by atoms with E-state index in [-0.39, 0.29) is 6.04 Å².